The first-order valence-corrected chi connectivity index (χ1v) is 7.79. The van der Waals surface area contributed by atoms with E-state index in [-0.39, 0.29) is 19.1 Å². The number of carbonyl (C=O) groups excluding carboxylic acids is 1. The number of aromatic nitrogens is 2. The number of rotatable bonds is 6. The number of hydrogen-bond donors (Lipinski definition) is 2. The molecular formula is C15H23N3O6. The molecule has 2 rings (SSSR count). The summed E-state index contributed by atoms with van der Waals surface area (Å²) in [5.74, 6) is -0.234. The fourth-order valence-corrected chi connectivity index (χ4v) is 2.34. The van der Waals surface area contributed by atoms with Gasteiger partial charge in [-0.3, -0.25) is 19.1 Å². The molecule has 3 atom stereocenters. The topological polar surface area (TPSA) is 126 Å². The van der Waals surface area contributed by atoms with Crippen LogP contribution in [0.4, 0.5) is 0 Å². The van der Waals surface area contributed by atoms with Crippen molar-refractivity contribution in [2.24, 2.45) is 11.7 Å². The number of nitrogens with one attached hydrogen (secondary N) is 1. The average molecular weight is 341 g/mol. The average Bonchev–Trinajstić information content (AvgIpc) is 2.96. The van der Waals surface area contributed by atoms with Crippen LogP contribution in [0, 0.1) is 12.8 Å². The van der Waals surface area contributed by atoms with Gasteiger partial charge in [0, 0.05) is 11.8 Å². The Morgan fingerprint density at radius 1 is 1.50 bits per heavy atom. The van der Waals surface area contributed by atoms with Crippen molar-refractivity contribution < 1.29 is 19.0 Å². The lowest BCUT2D eigenvalue weighted by Crippen LogP contribution is -2.36. The molecule has 0 saturated carbocycles. The molecule has 0 unspecified atom stereocenters. The number of H-pyrrole nitrogens is 1. The normalized spacial score (nSPS) is 21.9. The van der Waals surface area contributed by atoms with Gasteiger partial charge in [0.25, 0.3) is 5.56 Å². The van der Waals surface area contributed by atoms with Gasteiger partial charge >= 0.3 is 11.7 Å². The summed E-state index contributed by atoms with van der Waals surface area (Å²) >= 11 is 0. The summed E-state index contributed by atoms with van der Waals surface area (Å²) in [6.07, 6.45) is 0.451. The third-order valence-electron chi connectivity index (χ3n) is 3.58. The van der Waals surface area contributed by atoms with Crippen LogP contribution in [0.2, 0.25) is 0 Å². The summed E-state index contributed by atoms with van der Waals surface area (Å²) < 4.78 is 17.2. The molecule has 0 aliphatic carbocycles. The fourth-order valence-electron chi connectivity index (χ4n) is 2.34. The first kappa shape index (κ1) is 18.4. The van der Waals surface area contributed by atoms with E-state index in [2.05, 4.69) is 4.98 Å². The number of ether oxygens (including phenoxy) is 3. The van der Waals surface area contributed by atoms with Crippen molar-refractivity contribution in [2.45, 2.75) is 45.8 Å². The van der Waals surface area contributed by atoms with Gasteiger partial charge in [0.05, 0.1) is 6.61 Å². The van der Waals surface area contributed by atoms with Gasteiger partial charge in [0.1, 0.15) is 12.6 Å². The maximum atomic E-state index is 11.8. The highest BCUT2D eigenvalue weighted by atomic mass is 16.7. The first-order chi connectivity index (χ1) is 11.3. The van der Waals surface area contributed by atoms with Gasteiger partial charge in [-0.05, 0) is 19.3 Å². The van der Waals surface area contributed by atoms with Crippen molar-refractivity contribution >= 4 is 5.97 Å². The zero-order valence-corrected chi connectivity index (χ0v) is 14.0. The van der Waals surface area contributed by atoms with Gasteiger partial charge < -0.3 is 19.9 Å². The highest BCUT2D eigenvalue weighted by Crippen LogP contribution is 2.19. The van der Waals surface area contributed by atoms with Crippen LogP contribution in [0.5, 0.6) is 0 Å². The van der Waals surface area contributed by atoms with Gasteiger partial charge in [0.15, 0.2) is 12.5 Å². The molecule has 2 heterocycles. The number of hydrogen-bond acceptors (Lipinski definition) is 7. The molecule has 0 bridgehead atoms. The molecule has 1 aromatic rings. The van der Waals surface area contributed by atoms with E-state index in [1.54, 1.807) is 6.92 Å². The Morgan fingerprint density at radius 3 is 2.88 bits per heavy atom. The van der Waals surface area contributed by atoms with Crippen molar-refractivity contribution in [2.75, 3.05) is 13.2 Å². The van der Waals surface area contributed by atoms with Gasteiger partial charge in [-0.25, -0.2) is 4.79 Å². The third kappa shape index (κ3) is 4.53. The molecule has 1 aromatic heterocycles. The Balaban J connectivity index is 1.90. The lowest BCUT2D eigenvalue weighted by Gasteiger charge is -2.16. The minimum atomic E-state index is -0.788. The van der Waals surface area contributed by atoms with Crippen molar-refractivity contribution in [1.82, 2.24) is 9.55 Å². The minimum absolute atomic E-state index is 0.103. The lowest BCUT2D eigenvalue weighted by molar-refractivity contribution is -0.161. The Kier molecular flexibility index (Phi) is 5.92. The quantitative estimate of drug-likeness (QED) is 0.676. The zero-order chi connectivity index (χ0) is 17.9. The summed E-state index contributed by atoms with van der Waals surface area (Å²) in [5, 5.41) is 0. The number of esters is 1. The summed E-state index contributed by atoms with van der Waals surface area (Å²) in [6.45, 7) is 5.50. The summed E-state index contributed by atoms with van der Waals surface area (Å²) in [4.78, 5) is 37.2. The Labute approximate surface area is 138 Å². The van der Waals surface area contributed by atoms with Crippen LogP contribution in [0.25, 0.3) is 0 Å². The van der Waals surface area contributed by atoms with E-state index in [0.717, 1.165) is 0 Å². The molecule has 9 nitrogen and oxygen atoms in total. The second-order valence-electron chi connectivity index (χ2n) is 6.20. The zero-order valence-electron chi connectivity index (χ0n) is 14.0. The lowest BCUT2D eigenvalue weighted by atomic mass is 10.1. The molecule has 0 radical (unpaired) electrons. The molecule has 1 saturated heterocycles. The van der Waals surface area contributed by atoms with E-state index >= 15 is 0 Å². The summed E-state index contributed by atoms with van der Waals surface area (Å²) in [5.41, 5.74) is 5.09. The standard InChI is InChI=1S/C15H23N3O6/c1-8(2)4-10(16)14(20)23-7-12-22-6-11(24-12)18-5-9(3)13(19)17-15(18)21/h5,8,10-12H,4,6-7,16H2,1-3H3,(H,17,19,21)/t10-,11+,12+/m0/s1. The van der Waals surface area contributed by atoms with Crippen molar-refractivity contribution in [3.05, 3.63) is 32.6 Å². The van der Waals surface area contributed by atoms with Crippen LogP contribution in [0.15, 0.2) is 15.8 Å². The molecule has 0 amide bonds. The molecule has 3 N–H and O–H groups in total. The van der Waals surface area contributed by atoms with E-state index in [1.165, 1.54) is 10.8 Å². The first-order valence-electron chi connectivity index (χ1n) is 7.79. The van der Waals surface area contributed by atoms with Crippen LogP contribution in [-0.2, 0) is 19.0 Å². The molecule has 0 spiro atoms. The molecule has 1 fully saturated rings. The van der Waals surface area contributed by atoms with Crippen LogP contribution in [0.1, 0.15) is 32.1 Å². The van der Waals surface area contributed by atoms with E-state index in [9.17, 15) is 14.4 Å². The number of aryl methyl sites for hydroxylation is 1. The number of aromatic amines is 1. The minimum Gasteiger partial charge on any atom is -0.459 e. The Hall–Kier alpha value is -1.97. The maximum Gasteiger partial charge on any atom is 0.330 e. The van der Waals surface area contributed by atoms with Gasteiger partial charge in [-0.1, -0.05) is 13.8 Å². The molecule has 0 aromatic carbocycles. The predicted octanol–water partition coefficient (Wildman–Crippen LogP) is -0.367. The highest BCUT2D eigenvalue weighted by molar-refractivity contribution is 5.75. The summed E-state index contributed by atoms with van der Waals surface area (Å²) in [7, 11) is 0. The maximum absolute atomic E-state index is 11.8. The van der Waals surface area contributed by atoms with E-state index in [4.69, 9.17) is 19.9 Å². The molecule has 9 heteroatoms. The van der Waals surface area contributed by atoms with E-state index in [0.29, 0.717) is 12.0 Å². The smallest absolute Gasteiger partial charge is 0.330 e. The van der Waals surface area contributed by atoms with Gasteiger partial charge in [0.2, 0.25) is 0 Å². The van der Waals surface area contributed by atoms with E-state index in [1.807, 2.05) is 13.8 Å². The largest absolute Gasteiger partial charge is 0.459 e. The fraction of sp³-hybridized carbons (Fsp3) is 0.667. The van der Waals surface area contributed by atoms with Crippen molar-refractivity contribution in [3.63, 3.8) is 0 Å². The van der Waals surface area contributed by atoms with Crippen LogP contribution in [0.3, 0.4) is 0 Å². The number of nitrogens with zero attached hydrogens (tertiary/aromatic N) is 1. The molecule has 134 valence electrons. The van der Waals surface area contributed by atoms with Crippen molar-refractivity contribution in [3.8, 4) is 0 Å². The molecular weight excluding hydrogens is 318 g/mol. The SMILES string of the molecule is Cc1cn([C@H]2CO[C@@H](COC(=O)[C@@H](N)CC(C)C)O2)c(=O)[nH]c1=O. The van der Waals surface area contributed by atoms with Crippen molar-refractivity contribution in [1.29, 1.82) is 0 Å². The number of carbonyl (C=O) groups is 1. The van der Waals surface area contributed by atoms with Crippen LogP contribution < -0.4 is 17.0 Å². The van der Waals surface area contributed by atoms with Crippen LogP contribution in [-0.4, -0.2) is 41.1 Å². The Morgan fingerprint density at radius 2 is 2.21 bits per heavy atom. The third-order valence-corrected chi connectivity index (χ3v) is 3.58. The number of nitrogens with two attached hydrogens (primary N) is 1. The molecule has 1 aliphatic rings. The van der Waals surface area contributed by atoms with Gasteiger partial charge in [-0.2, -0.15) is 0 Å². The highest BCUT2D eigenvalue weighted by Gasteiger charge is 2.30. The van der Waals surface area contributed by atoms with Gasteiger partial charge in [-0.15, -0.1) is 0 Å². The predicted molar refractivity (Wildman–Crippen MR) is 84.3 cm³/mol. The monoisotopic (exact) mass is 341 g/mol. The summed E-state index contributed by atoms with van der Waals surface area (Å²) in [6, 6.07) is -0.688. The van der Waals surface area contributed by atoms with E-state index < -0.39 is 35.8 Å². The molecule has 1 aliphatic heterocycles. The Bertz CT molecular complexity index is 695. The molecule has 24 heavy (non-hydrogen) atoms. The van der Waals surface area contributed by atoms with Crippen LogP contribution >= 0.6 is 0 Å². The second-order valence-corrected chi connectivity index (χ2v) is 6.20. The second kappa shape index (κ2) is 7.73.